The molecule has 0 saturated carbocycles. The Morgan fingerprint density at radius 2 is 1.86 bits per heavy atom. The molecule has 7 nitrogen and oxygen atoms in total. The van der Waals surface area contributed by atoms with E-state index in [1.807, 2.05) is 30.3 Å². The fourth-order valence-corrected chi connectivity index (χ4v) is 2.78. The van der Waals surface area contributed by atoms with Crippen molar-refractivity contribution in [2.24, 2.45) is 0 Å². The number of amides is 1. The number of hydrogen-bond donors (Lipinski definition) is 1. The van der Waals surface area contributed by atoms with Gasteiger partial charge in [0.1, 0.15) is 0 Å². The summed E-state index contributed by atoms with van der Waals surface area (Å²) in [5.74, 6) is -0.996. The molecule has 0 aliphatic rings. The van der Waals surface area contributed by atoms with E-state index < -0.39 is 18.0 Å². The molecule has 150 valence electrons. The molecule has 0 unspecified atom stereocenters. The maximum absolute atomic E-state index is 12.6. The Labute approximate surface area is 173 Å². The van der Waals surface area contributed by atoms with E-state index >= 15 is 0 Å². The minimum atomic E-state index is -1.05. The van der Waals surface area contributed by atoms with E-state index in [2.05, 4.69) is 10.4 Å². The summed E-state index contributed by atoms with van der Waals surface area (Å²) in [6.45, 7) is 3.27. The van der Waals surface area contributed by atoms with Gasteiger partial charge in [-0.05, 0) is 43.7 Å². The molecule has 0 fully saturated rings. The molecule has 1 heterocycles. The van der Waals surface area contributed by atoms with Crippen molar-refractivity contribution in [2.75, 3.05) is 12.4 Å². The lowest BCUT2D eigenvalue weighted by Gasteiger charge is -2.14. The van der Waals surface area contributed by atoms with E-state index in [0.717, 1.165) is 11.3 Å². The fourth-order valence-electron chi connectivity index (χ4n) is 2.61. The lowest BCUT2D eigenvalue weighted by molar-refractivity contribution is -0.123. The molecule has 3 rings (SSSR count). The Balaban J connectivity index is 1.73. The van der Waals surface area contributed by atoms with Crippen LogP contribution in [-0.2, 0) is 9.53 Å². The topological polar surface area (TPSA) is 82.5 Å². The summed E-state index contributed by atoms with van der Waals surface area (Å²) in [5.41, 5.74) is 2.02. The summed E-state index contributed by atoms with van der Waals surface area (Å²) < 4.78 is 12.0. The summed E-state index contributed by atoms with van der Waals surface area (Å²) in [4.78, 5) is 25.0. The predicted molar refractivity (Wildman–Crippen MR) is 110 cm³/mol. The highest BCUT2D eigenvalue weighted by Gasteiger charge is 2.25. The van der Waals surface area contributed by atoms with Crippen molar-refractivity contribution < 1.29 is 19.1 Å². The number of para-hydroxylation sites is 1. The Hall–Kier alpha value is -3.32. The van der Waals surface area contributed by atoms with Crippen LogP contribution in [0.15, 0.2) is 54.7 Å². The maximum Gasteiger partial charge on any atom is 0.363 e. The first-order valence-corrected chi connectivity index (χ1v) is 9.24. The highest BCUT2D eigenvalue weighted by Crippen LogP contribution is 2.24. The van der Waals surface area contributed by atoms with Crippen LogP contribution in [0.5, 0.6) is 5.75 Å². The summed E-state index contributed by atoms with van der Waals surface area (Å²) in [6.07, 6.45) is 0.527. The van der Waals surface area contributed by atoms with Crippen LogP contribution in [0.4, 0.5) is 5.69 Å². The molecule has 8 heteroatoms. The second kappa shape index (κ2) is 8.79. The highest BCUT2D eigenvalue weighted by atomic mass is 35.5. The monoisotopic (exact) mass is 413 g/mol. The minimum absolute atomic E-state index is 0.0186. The number of carbonyl (C=O) groups excluding carboxylic acids is 2. The smallest absolute Gasteiger partial charge is 0.363 e. The lowest BCUT2D eigenvalue weighted by atomic mass is 10.2. The third-order valence-corrected chi connectivity index (χ3v) is 4.70. The largest absolute Gasteiger partial charge is 0.493 e. The van der Waals surface area contributed by atoms with Crippen molar-refractivity contribution in [1.82, 2.24) is 9.78 Å². The van der Waals surface area contributed by atoms with Crippen LogP contribution in [0.25, 0.3) is 5.69 Å². The zero-order valence-electron chi connectivity index (χ0n) is 16.2. The number of nitrogens with zero attached hydrogens (tertiary/aromatic N) is 2. The number of esters is 1. The standard InChI is InChI=1S/C21H20ClN3O4/c1-13-16(22)10-7-11-17(13)23-20(26)14(2)29-21(27)19-18(28-3)12-25(24-19)15-8-5-4-6-9-15/h4-12,14H,1-3H3,(H,23,26)/t14-/m0/s1. The second-order valence-corrected chi connectivity index (χ2v) is 6.68. The Morgan fingerprint density at radius 1 is 1.14 bits per heavy atom. The van der Waals surface area contributed by atoms with Gasteiger partial charge in [0.2, 0.25) is 5.69 Å². The van der Waals surface area contributed by atoms with Gasteiger partial charge in [0, 0.05) is 10.7 Å². The molecule has 2 aromatic carbocycles. The number of aromatic nitrogens is 2. The van der Waals surface area contributed by atoms with Crippen LogP contribution in [0, 0.1) is 6.92 Å². The number of methoxy groups -OCH3 is 1. The molecule has 0 bridgehead atoms. The summed E-state index contributed by atoms with van der Waals surface area (Å²) >= 11 is 6.07. The minimum Gasteiger partial charge on any atom is -0.493 e. The molecule has 1 aromatic heterocycles. The van der Waals surface area contributed by atoms with Gasteiger partial charge < -0.3 is 14.8 Å². The number of nitrogens with one attached hydrogen (secondary N) is 1. The van der Waals surface area contributed by atoms with Crippen molar-refractivity contribution in [3.05, 3.63) is 71.0 Å². The molecule has 0 spiro atoms. The second-order valence-electron chi connectivity index (χ2n) is 6.28. The summed E-state index contributed by atoms with van der Waals surface area (Å²) in [5, 5.41) is 7.48. The van der Waals surface area contributed by atoms with Crippen LogP contribution in [-0.4, -0.2) is 34.9 Å². The van der Waals surface area contributed by atoms with E-state index in [1.165, 1.54) is 18.7 Å². The number of halogens is 1. The first-order valence-electron chi connectivity index (χ1n) is 8.86. The lowest BCUT2D eigenvalue weighted by Crippen LogP contribution is -2.30. The Kier molecular flexibility index (Phi) is 6.19. The molecule has 0 saturated heterocycles. The summed E-state index contributed by atoms with van der Waals surface area (Å²) in [7, 11) is 1.43. The number of hydrogen-bond acceptors (Lipinski definition) is 5. The molecular formula is C21H20ClN3O4. The molecule has 1 N–H and O–H groups in total. The first-order chi connectivity index (χ1) is 13.9. The van der Waals surface area contributed by atoms with Crippen molar-refractivity contribution in [3.8, 4) is 11.4 Å². The fraction of sp³-hybridized carbons (Fsp3) is 0.190. The third kappa shape index (κ3) is 4.57. The van der Waals surface area contributed by atoms with Gasteiger partial charge in [0.25, 0.3) is 5.91 Å². The molecule has 3 aromatic rings. The zero-order chi connectivity index (χ0) is 21.0. The van der Waals surface area contributed by atoms with Crippen LogP contribution in [0.2, 0.25) is 5.02 Å². The van der Waals surface area contributed by atoms with Crippen LogP contribution < -0.4 is 10.1 Å². The van der Waals surface area contributed by atoms with Crippen molar-refractivity contribution in [3.63, 3.8) is 0 Å². The molecule has 0 aliphatic heterocycles. The van der Waals surface area contributed by atoms with E-state index in [0.29, 0.717) is 10.7 Å². The van der Waals surface area contributed by atoms with Gasteiger partial charge in [-0.2, -0.15) is 5.10 Å². The number of benzene rings is 2. The average Bonchev–Trinajstić information content (AvgIpc) is 3.16. The number of carbonyl (C=O) groups is 2. The molecule has 0 radical (unpaired) electrons. The zero-order valence-corrected chi connectivity index (χ0v) is 16.9. The Morgan fingerprint density at radius 3 is 2.55 bits per heavy atom. The van der Waals surface area contributed by atoms with Gasteiger partial charge in [-0.3, -0.25) is 4.79 Å². The van der Waals surface area contributed by atoms with Gasteiger partial charge in [-0.25, -0.2) is 9.48 Å². The number of rotatable bonds is 6. The van der Waals surface area contributed by atoms with Gasteiger partial charge in [0.15, 0.2) is 11.9 Å². The number of ether oxygens (including phenoxy) is 2. The summed E-state index contributed by atoms with van der Waals surface area (Å²) in [6, 6.07) is 14.4. The predicted octanol–water partition coefficient (Wildman–Crippen LogP) is 4.03. The van der Waals surface area contributed by atoms with E-state index in [1.54, 1.807) is 31.3 Å². The van der Waals surface area contributed by atoms with E-state index in [9.17, 15) is 9.59 Å². The molecule has 1 amide bonds. The van der Waals surface area contributed by atoms with Crippen LogP contribution >= 0.6 is 11.6 Å². The van der Waals surface area contributed by atoms with E-state index in [4.69, 9.17) is 21.1 Å². The van der Waals surface area contributed by atoms with Gasteiger partial charge in [0.05, 0.1) is 19.0 Å². The first kappa shape index (κ1) is 20.4. The average molecular weight is 414 g/mol. The van der Waals surface area contributed by atoms with E-state index in [-0.39, 0.29) is 11.4 Å². The highest BCUT2D eigenvalue weighted by molar-refractivity contribution is 6.31. The van der Waals surface area contributed by atoms with Gasteiger partial charge in [-0.1, -0.05) is 35.9 Å². The van der Waals surface area contributed by atoms with Crippen molar-refractivity contribution >= 4 is 29.2 Å². The quantitative estimate of drug-likeness (QED) is 0.617. The molecule has 1 atom stereocenters. The molecule has 0 aliphatic carbocycles. The maximum atomic E-state index is 12.6. The Bertz CT molecular complexity index is 1030. The SMILES string of the molecule is COc1cn(-c2ccccc2)nc1C(=O)O[C@@H](C)C(=O)Nc1cccc(Cl)c1C. The van der Waals surface area contributed by atoms with Crippen LogP contribution in [0.1, 0.15) is 23.0 Å². The van der Waals surface area contributed by atoms with Crippen LogP contribution in [0.3, 0.4) is 0 Å². The number of anilines is 1. The van der Waals surface area contributed by atoms with Crippen molar-refractivity contribution in [1.29, 1.82) is 0 Å². The van der Waals surface area contributed by atoms with Crippen molar-refractivity contribution in [2.45, 2.75) is 20.0 Å². The normalized spacial score (nSPS) is 11.6. The molecule has 29 heavy (non-hydrogen) atoms. The van der Waals surface area contributed by atoms with Gasteiger partial charge in [-0.15, -0.1) is 0 Å². The molecular weight excluding hydrogens is 394 g/mol. The third-order valence-electron chi connectivity index (χ3n) is 4.29. The van der Waals surface area contributed by atoms with Gasteiger partial charge >= 0.3 is 5.97 Å².